The number of hydrogen-bond donors (Lipinski definition) is 2. The number of carboxylic acid groups (broad SMARTS) is 1. The molecule has 17 heavy (non-hydrogen) atoms. The molecule has 0 aromatic carbocycles. The van der Waals surface area contributed by atoms with Crippen molar-refractivity contribution in [1.82, 2.24) is 14.3 Å². The molecular formula is C9H15N3O4S. The molecule has 0 aliphatic carbocycles. The van der Waals surface area contributed by atoms with E-state index in [-0.39, 0.29) is 11.6 Å². The Hall–Kier alpha value is -1.41. The van der Waals surface area contributed by atoms with E-state index in [1.165, 1.54) is 19.4 Å². The molecule has 2 N–H and O–H groups in total. The van der Waals surface area contributed by atoms with Gasteiger partial charge >= 0.3 is 5.97 Å². The van der Waals surface area contributed by atoms with E-state index in [1.54, 1.807) is 4.57 Å². The zero-order chi connectivity index (χ0) is 13.1. The minimum atomic E-state index is -3.72. The van der Waals surface area contributed by atoms with E-state index in [0.29, 0.717) is 6.54 Å². The second-order valence-electron chi connectivity index (χ2n) is 3.63. The Morgan fingerprint density at radius 3 is 2.76 bits per heavy atom. The monoisotopic (exact) mass is 261 g/mol. The third kappa shape index (κ3) is 3.53. The molecule has 7 nitrogen and oxygen atoms in total. The Morgan fingerprint density at radius 1 is 1.65 bits per heavy atom. The number of aryl methyl sites for hydroxylation is 1. The molecule has 0 spiro atoms. The molecule has 1 heterocycles. The Balaban J connectivity index is 2.72. The number of aromatic nitrogens is 2. The summed E-state index contributed by atoms with van der Waals surface area (Å²) < 4.78 is 27.2. The van der Waals surface area contributed by atoms with Gasteiger partial charge in [-0.25, -0.2) is 18.1 Å². The van der Waals surface area contributed by atoms with Crippen LogP contribution < -0.4 is 4.72 Å². The van der Waals surface area contributed by atoms with Crippen LogP contribution in [0.5, 0.6) is 0 Å². The normalized spacial score (nSPS) is 13.5. The molecule has 0 fully saturated rings. The summed E-state index contributed by atoms with van der Waals surface area (Å²) in [5.41, 5.74) is 0. The SMILES string of the molecule is CCn1cnc(S(=O)(=O)NCC(C)C(=O)O)c1. The molecule has 96 valence electrons. The van der Waals surface area contributed by atoms with Gasteiger partial charge in [-0.1, -0.05) is 6.92 Å². The van der Waals surface area contributed by atoms with Gasteiger partial charge in [0.1, 0.15) is 0 Å². The number of nitrogens with zero attached hydrogens (tertiary/aromatic N) is 2. The maximum Gasteiger partial charge on any atom is 0.307 e. The van der Waals surface area contributed by atoms with Crippen molar-refractivity contribution in [3.05, 3.63) is 12.5 Å². The second kappa shape index (κ2) is 5.28. The van der Waals surface area contributed by atoms with Gasteiger partial charge in [-0.05, 0) is 6.92 Å². The predicted octanol–water partition coefficient (Wildman–Crippen LogP) is -0.0980. The Labute approximate surface area is 99.5 Å². The van der Waals surface area contributed by atoms with Gasteiger partial charge in [0.15, 0.2) is 5.03 Å². The van der Waals surface area contributed by atoms with Crippen molar-refractivity contribution in [1.29, 1.82) is 0 Å². The zero-order valence-electron chi connectivity index (χ0n) is 9.62. The lowest BCUT2D eigenvalue weighted by Crippen LogP contribution is -2.31. The quantitative estimate of drug-likeness (QED) is 0.744. The summed E-state index contributed by atoms with van der Waals surface area (Å²) in [6.07, 6.45) is 2.81. The van der Waals surface area contributed by atoms with E-state index in [0.717, 1.165) is 0 Å². The highest BCUT2D eigenvalue weighted by Gasteiger charge is 2.20. The van der Waals surface area contributed by atoms with Crippen LogP contribution in [0.2, 0.25) is 0 Å². The van der Waals surface area contributed by atoms with E-state index < -0.39 is 21.9 Å². The molecule has 0 bridgehead atoms. The van der Waals surface area contributed by atoms with Crippen LogP contribution in [0.25, 0.3) is 0 Å². The summed E-state index contributed by atoms with van der Waals surface area (Å²) in [4.78, 5) is 14.3. The van der Waals surface area contributed by atoms with Crippen molar-refractivity contribution in [3.8, 4) is 0 Å². The average molecular weight is 261 g/mol. The number of carbonyl (C=O) groups is 1. The van der Waals surface area contributed by atoms with Gasteiger partial charge < -0.3 is 9.67 Å². The molecule has 0 saturated carbocycles. The van der Waals surface area contributed by atoms with E-state index in [4.69, 9.17) is 5.11 Å². The Bertz CT molecular complexity index is 494. The highest BCUT2D eigenvalue weighted by Crippen LogP contribution is 2.05. The minimum Gasteiger partial charge on any atom is -0.481 e. The predicted molar refractivity (Wildman–Crippen MR) is 59.9 cm³/mol. The molecule has 1 atom stereocenters. The smallest absolute Gasteiger partial charge is 0.307 e. The molecule has 0 saturated heterocycles. The van der Waals surface area contributed by atoms with Crippen molar-refractivity contribution in [2.45, 2.75) is 25.4 Å². The standard InChI is InChI=1S/C9H15N3O4S/c1-3-12-5-8(10-6-12)17(15,16)11-4-7(2)9(13)14/h5-7,11H,3-4H2,1-2H3,(H,13,14). The number of imidazole rings is 1. The minimum absolute atomic E-state index is 0.100. The van der Waals surface area contributed by atoms with Crippen LogP contribution in [0.1, 0.15) is 13.8 Å². The molecule has 0 amide bonds. The number of nitrogens with one attached hydrogen (secondary N) is 1. The molecule has 8 heteroatoms. The maximum atomic E-state index is 11.7. The summed E-state index contributed by atoms with van der Waals surface area (Å²) in [5, 5.41) is 8.54. The van der Waals surface area contributed by atoms with E-state index in [1.807, 2.05) is 6.92 Å². The Kier molecular flexibility index (Phi) is 4.24. The number of hydrogen-bond acceptors (Lipinski definition) is 4. The third-order valence-electron chi connectivity index (χ3n) is 2.25. The van der Waals surface area contributed by atoms with Crippen LogP contribution in [0, 0.1) is 5.92 Å². The van der Waals surface area contributed by atoms with Gasteiger partial charge in [-0.3, -0.25) is 4.79 Å². The fraction of sp³-hybridized carbons (Fsp3) is 0.556. The van der Waals surface area contributed by atoms with Gasteiger partial charge in [0.25, 0.3) is 10.0 Å². The van der Waals surface area contributed by atoms with Crippen molar-refractivity contribution in [2.75, 3.05) is 6.54 Å². The summed E-state index contributed by atoms with van der Waals surface area (Å²) in [5.74, 6) is -1.83. The van der Waals surface area contributed by atoms with Gasteiger partial charge in [0, 0.05) is 19.3 Å². The first-order valence-corrected chi connectivity index (χ1v) is 6.59. The average Bonchev–Trinajstić information content (AvgIpc) is 2.75. The first-order chi connectivity index (χ1) is 7.86. The lowest BCUT2D eigenvalue weighted by molar-refractivity contribution is -0.140. The molecule has 1 aromatic heterocycles. The summed E-state index contributed by atoms with van der Waals surface area (Å²) in [6, 6.07) is 0. The summed E-state index contributed by atoms with van der Waals surface area (Å²) >= 11 is 0. The highest BCUT2D eigenvalue weighted by molar-refractivity contribution is 7.89. The molecule has 1 unspecified atom stereocenters. The lowest BCUT2D eigenvalue weighted by atomic mass is 10.2. The van der Waals surface area contributed by atoms with Crippen LogP contribution >= 0.6 is 0 Å². The topological polar surface area (TPSA) is 101 Å². The number of rotatable bonds is 6. The molecule has 0 aliphatic heterocycles. The van der Waals surface area contributed by atoms with Crippen molar-refractivity contribution >= 4 is 16.0 Å². The zero-order valence-corrected chi connectivity index (χ0v) is 10.4. The number of aliphatic carboxylic acids is 1. The molecule has 1 aromatic rings. The third-order valence-corrected chi connectivity index (χ3v) is 3.56. The largest absolute Gasteiger partial charge is 0.481 e. The van der Waals surface area contributed by atoms with E-state index in [2.05, 4.69) is 9.71 Å². The van der Waals surface area contributed by atoms with Gasteiger partial charge in [-0.15, -0.1) is 0 Å². The summed E-state index contributed by atoms with van der Waals surface area (Å²) in [7, 11) is -3.72. The molecule has 0 aliphatic rings. The molecular weight excluding hydrogens is 246 g/mol. The van der Waals surface area contributed by atoms with Gasteiger partial charge in [-0.2, -0.15) is 0 Å². The fourth-order valence-corrected chi connectivity index (χ4v) is 2.12. The summed E-state index contributed by atoms with van der Waals surface area (Å²) in [6.45, 7) is 3.75. The Morgan fingerprint density at radius 2 is 2.29 bits per heavy atom. The van der Waals surface area contributed by atoms with Gasteiger partial charge in [0.05, 0.1) is 12.2 Å². The highest BCUT2D eigenvalue weighted by atomic mass is 32.2. The van der Waals surface area contributed by atoms with Crippen LogP contribution in [-0.2, 0) is 21.4 Å². The van der Waals surface area contributed by atoms with Crippen LogP contribution in [-0.4, -0.2) is 35.6 Å². The van der Waals surface area contributed by atoms with Crippen molar-refractivity contribution < 1.29 is 18.3 Å². The second-order valence-corrected chi connectivity index (χ2v) is 5.35. The van der Waals surface area contributed by atoms with Crippen LogP contribution in [0.3, 0.4) is 0 Å². The van der Waals surface area contributed by atoms with Crippen LogP contribution in [0.15, 0.2) is 17.6 Å². The van der Waals surface area contributed by atoms with E-state index >= 15 is 0 Å². The first kappa shape index (κ1) is 13.7. The van der Waals surface area contributed by atoms with Crippen molar-refractivity contribution in [3.63, 3.8) is 0 Å². The van der Waals surface area contributed by atoms with Crippen molar-refractivity contribution in [2.24, 2.45) is 5.92 Å². The maximum absolute atomic E-state index is 11.7. The number of sulfonamides is 1. The van der Waals surface area contributed by atoms with Gasteiger partial charge in [0.2, 0.25) is 0 Å². The van der Waals surface area contributed by atoms with E-state index in [9.17, 15) is 13.2 Å². The first-order valence-electron chi connectivity index (χ1n) is 5.11. The number of carboxylic acids is 1. The fourth-order valence-electron chi connectivity index (χ4n) is 1.05. The van der Waals surface area contributed by atoms with Crippen LogP contribution in [0.4, 0.5) is 0 Å². The lowest BCUT2D eigenvalue weighted by Gasteiger charge is -2.07. The molecule has 1 rings (SSSR count). The molecule has 0 radical (unpaired) electrons.